The van der Waals surface area contributed by atoms with E-state index in [2.05, 4.69) is 26.2 Å². The van der Waals surface area contributed by atoms with Gasteiger partial charge < -0.3 is 14.5 Å². The number of nitrogens with zero attached hydrogens (tertiary/aromatic N) is 1. The van der Waals surface area contributed by atoms with Crippen LogP contribution in [0.1, 0.15) is 22.5 Å². The number of hydrogen-bond acceptors (Lipinski definition) is 4. The molecule has 1 N–H and O–H groups in total. The van der Waals surface area contributed by atoms with Crippen LogP contribution in [0.5, 0.6) is 0 Å². The minimum Gasteiger partial charge on any atom is -0.467 e. The van der Waals surface area contributed by atoms with Crippen molar-refractivity contribution in [3.05, 3.63) is 51.6 Å². The van der Waals surface area contributed by atoms with Crippen LogP contribution in [0.15, 0.2) is 39.5 Å². The molecular weight excluding hydrogens is 360 g/mol. The Morgan fingerprint density at radius 1 is 1.52 bits per heavy atom. The third kappa shape index (κ3) is 5.15. The number of hydrogen-bond donors (Lipinski definition) is 1. The molecule has 0 atom stereocenters. The lowest BCUT2D eigenvalue weighted by Gasteiger charge is -2.07. The van der Waals surface area contributed by atoms with Gasteiger partial charge in [-0.2, -0.15) is 0 Å². The van der Waals surface area contributed by atoms with Crippen molar-refractivity contribution in [2.45, 2.75) is 13.0 Å². The molecule has 0 aliphatic heterocycles. The van der Waals surface area contributed by atoms with E-state index in [0.29, 0.717) is 36.2 Å². The molecule has 0 aromatic carbocycles. The van der Waals surface area contributed by atoms with Gasteiger partial charge in [0.25, 0.3) is 5.91 Å². The molecule has 5 nitrogen and oxygen atoms in total. The van der Waals surface area contributed by atoms with Gasteiger partial charge in [0.15, 0.2) is 0 Å². The highest BCUT2D eigenvalue weighted by Crippen LogP contribution is 2.17. The molecule has 7 heteroatoms. The maximum Gasteiger partial charge on any atom is 0.254 e. The molecule has 0 spiro atoms. The van der Waals surface area contributed by atoms with Gasteiger partial charge >= 0.3 is 0 Å². The van der Waals surface area contributed by atoms with E-state index in [9.17, 15) is 4.79 Å². The lowest BCUT2D eigenvalue weighted by molar-refractivity contribution is 0.0917. The first kappa shape index (κ1) is 16.0. The quantitative estimate of drug-likeness (QED) is 0.596. The Kier molecular flexibility index (Phi) is 6.22. The van der Waals surface area contributed by atoms with Crippen molar-refractivity contribution in [3.63, 3.8) is 0 Å². The van der Waals surface area contributed by atoms with Crippen LogP contribution in [0, 0.1) is 0 Å². The van der Waals surface area contributed by atoms with Crippen molar-refractivity contribution in [1.29, 1.82) is 0 Å². The summed E-state index contributed by atoms with van der Waals surface area (Å²) in [5, 5.41) is 2.96. The van der Waals surface area contributed by atoms with Crippen LogP contribution in [0.2, 0.25) is 5.15 Å². The third-order valence-corrected chi connectivity index (χ3v) is 3.36. The summed E-state index contributed by atoms with van der Waals surface area (Å²) in [5.41, 5.74) is 0.350. The molecule has 2 rings (SSSR count). The smallest absolute Gasteiger partial charge is 0.254 e. The monoisotopic (exact) mass is 372 g/mol. The zero-order valence-electron chi connectivity index (χ0n) is 11.1. The van der Waals surface area contributed by atoms with Gasteiger partial charge in [0.1, 0.15) is 17.5 Å². The second kappa shape index (κ2) is 8.17. The molecule has 0 saturated carbocycles. The van der Waals surface area contributed by atoms with Crippen LogP contribution >= 0.6 is 27.5 Å². The van der Waals surface area contributed by atoms with Gasteiger partial charge in [-0.3, -0.25) is 4.79 Å². The average Bonchev–Trinajstić information content (AvgIpc) is 2.98. The molecule has 2 aromatic heterocycles. The first-order chi connectivity index (χ1) is 10.2. The van der Waals surface area contributed by atoms with E-state index < -0.39 is 0 Å². The van der Waals surface area contributed by atoms with Crippen molar-refractivity contribution >= 4 is 33.4 Å². The van der Waals surface area contributed by atoms with Gasteiger partial charge in [-0.1, -0.05) is 11.6 Å². The average molecular weight is 374 g/mol. The first-order valence-corrected chi connectivity index (χ1v) is 7.53. The van der Waals surface area contributed by atoms with Gasteiger partial charge in [-0.15, -0.1) is 0 Å². The number of nitrogens with one attached hydrogen (secondary N) is 1. The fourth-order valence-corrected chi connectivity index (χ4v) is 2.14. The van der Waals surface area contributed by atoms with Crippen molar-refractivity contribution in [2.24, 2.45) is 0 Å². The number of aromatic nitrogens is 1. The Labute approximate surface area is 135 Å². The van der Waals surface area contributed by atoms with Gasteiger partial charge in [0.2, 0.25) is 0 Å². The lowest BCUT2D eigenvalue weighted by atomic mass is 10.2. The maximum atomic E-state index is 11.9. The summed E-state index contributed by atoms with van der Waals surface area (Å²) >= 11 is 9.14. The van der Waals surface area contributed by atoms with E-state index in [0.717, 1.165) is 5.76 Å². The minimum absolute atomic E-state index is 0.185. The lowest BCUT2D eigenvalue weighted by Crippen LogP contribution is -2.25. The highest BCUT2D eigenvalue weighted by molar-refractivity contribution is 9.10. The molecule has 0 bridgehead atoms. The summed E-state index contributed by atoms with van der Waals surface area (Å²) in [5.74, 6) is 0.533. The van der Waals surface area contributed by atoms with Gasteiger partial charge in [-0.25, -0.2) is 4.98 Å². The van der Waals surface area contributed by atoms with Crippen LogP contribution < -0.4 is 5.32 Å². The van der Waals surface area contributed by atoms with Gasteiger partial charge in [0.05, 0.1) is 11.8 Å². The fraction of sp³-hybridized carbons (Fsp3) is 0.286. The predicted molar refractivity (Wildman–Crippen MR) is 82.3 cm³/mol. The number of halogens is 2. The topological polar surface area (TPSA) is 64.4 Å². The maximum absolute atomic E-state index is 11.9. The summed E-state index contributed by atoms with van der Waals surface area (Å²) in [6, 6.07) is 5.30. The Hall–Kier alpha value is -1.37. The minimum atomic E-state index is -0.250. The summed E-state index contributed by atoms with van der Waals surface area (Å²) < 4.78 is 11.3. The number of pyridine rings is 1. The molecule has 21 heavy (non-hydrogen) atoms. The molecule has 0 radical (unpaired) electrons. The van der Waals surface area contributed by atoms with Crippen molar-refractivity contribution in [1.82, 2.24) is 10.3 Å². The van der Waals surface area contributed by atoms with Crippen LogP contribution in [0.4, 0.5) is 0 Å². The second-order valence-electron chi connectivity index (χ2n) is 4.23. The zero-order chi connectivity index (χ0) is 15.1. The number of carbonyl (C=O) groups excluding carboxylic acids is 1. The summed E-state index contributed by atoms with van der Waals surface area (Å²) in [4.78, 5) is 15.8. The molecule has 0 unspecified atom stereocenters. The number of ether oxygens (including phenoxy) is 1. The molecule has 1 amide bonds. The van der Waals surface area contributed by atoms with Crippen LogP contribution in [-0.2, 0) is 11.3 Å². The van der Waals surface area contributed by atoms with E-state index >= 15 is 0 Å². The molecule has 2 heterocycles. The van der Waals surface area contributed by atoms with E-state index in [4.69, 9.17) is 20.8 Å². The third-order valence-electron chi connectivity index (χ3n) is 2.63. The Morgan fingerprint density at radius 3 is 3.14 bits per heavy atom. The first-order valence-electron chi connectivity index (χ1n) is 6.36. The largest absolute Gasteiger partial charge is 0.467 e. The number of furan rings is 1. The molecule has 2 aromatic rings. The van der Waals surface area contributed by atoms with Gasteiger partial charge in [0, 0.05) is 23.8 Å². The van der Waals surface area contributed by atoms with E-state index in [1.807, 2.05) is 12.1 Å². The molecule has 0 aliphatic rings. The highest BCUT2D eigenvalue weighted by Gasteiger charge is 2.11. The second-order valence-corrected chi connectivity index (χ2v) is 5.51. The number of carbonyl (C=O) groups is 1. The molecule has 0 saturated heterocycles. The van der Waals surface area contributed by atoms with E-state index in [1.165, 1.54) is 0 Å². The predicted octanol–water partition coefficient (Wildman–Crippen LogP) is 3.43. The van der Waals surface area contributed by atoms with E-state index in [1.54, 1.807) is 18.5 Å². The summed E-state index contributed by atoms with van der Waals surface area (Å²) in [6.45, 7) is 1.47. The van der Waals surface area contributed by atoms with Crippen LogP contribution in [-0.4, -0.2) is 24.0 Å². The van der Waals surface area contributed by atoms with E-state index in [-0.39, 0.29) is 11.1 Å². The Morgan fingerprint density at radius 2 is 2.38 bits per heavy atom. The van der Waals surface area contributed by atoms with Crippen molar-refractivity contribution in [3.8, 4) is 0 Å². The molecule has 0 aliphatic carbocycles. The standard InChI is InChI=1S/C14H14BrClN2O3/c15-10-7-12(13(16)18-8-10)14(19)17-4-2-5-20-9-11-3-1-6-21-11/h1,3,6-8H,2,4-5,9H2,(H,17,19). The van der Waals surface area contributed by atoms with Gasteiger partial charge in [-0.05, 0) is 40.5 Å². The van der Waals surface area contributed by atoms with Crippen molar-refractivity contribution < 1.29 is 13.9 Å². The zero-order valence-corrected chi connectivity index (χ0v) is 13.5. The van der Waals surface area contributed by atoms with Crippen molar-refractivity contribution in [2.75, 3.05) is 13.2 Å². The number of amides is 1. The van der Waals surface area contributed by atoms with Crippen LogP contribution in [0.3, 0.4) is 0 Å². The molecule has 112 valence electrons. The highest BCUT2D eigenvalue weighted by atomic mass is 79.9. The summed E-state index contributed by atoms with van der Waals surface area (Å²) in [7, 11) is 0. The Balaban J connectivity index is 1.66. The number of rotatable bonds is 7. The molecular formula is C14H14BrClN2O3. The normalized spacial score (nSPS) is 10.6. The molecule has 0 fully saturated rings. The fourth-order valence-electron chi connectivity index (χ4n) is 1.62. The Bertz CT molecular complexity index is 590. The van der Waals surface area contributed by atoms with Crippen LogP contribution in [0.25, 0.3) is 0 Å². The summed E-state index contributed by atoms with van der Waals surface area (Å²) in [6.07, 6.45) is 3.85. The SMILES string of the molecule is O=C(NCCCOCc1ccco1)c1cc(Br)cnc1Cl.